The van der Waals surface area contributed by atoms with Gasteiger partial charge >= 0.3 is 0 Å². The van der Waals surface area contributed by atoms with Gasteiger partial charge in [-0.05, 0) is 44.4 Å². The molecule has 2 heterocycles. The smallest absolute Gasteiger partial charge is 0.282 e. The number of hydrogen-bond acceptors (Lipinski definition) is 3. The maximum absolute atomic E-state index is 13.1. The Morgan fingerprint density at radius 3 is 2.24 bits per heavy atom. The van der Waals surface area contributed by atoms with Crippen molar-refractivity contribution >= 4 is 10.2 Å². The van der Waals surface area contributed by atoms with E-state index in [1.165, 1.54) is 25.7 Å². The molecule has 0 amide bonds. The number of hydrogen-bond donors (Lipinski definition) is 1. The molecule has 122 valence electrons. The third-order valence-corrected chi connectivity index (χ3v) is 7.69. The molecule has 5 nitrogen and oxygen atoms in total. The van der Waals surface area contributed by atoms with Crippen molar-refractivity contribution in [3.05, 3.63) is 0 Å². The molecule has 2 unspecified atom stereocenters. The lowest BCUT2D eigenvalue weighted by Gasteiger charge is -2.39. The van der Waals surface area contributed by atoms with Crippen LogP contribution in [0.1, 0.15) is 57.8 Å². The second-order valence-corrected chi connectivity index (χ2v) is 8.65. The number of aliphatic hydroxyl groups is 1. The summed E-state index contributed by atoms with van der Waals surface area (Å²) in [5.74, 6) is 0.555. The first kappa shape index (κ1) is 15.7. The standard InChI is InChI=1S/C15H28N2O3S/c18-12-14-8-3-4-10-16(14)21(19,20)17-11-5-9-15(17)13-6-1-2-7-13/h13-15,18H,1-12H2. The SMILES string of the molecule is O=S(=O)(N1CCCCC1CO)N1CCCC1C1CCCC1. The van der Waals surface area contributed by atoms with E-state index in [0.29, 0.717) is 19.0 Å². The topological polar surface area (TPSA) is 60.9 Å². The first-order valence-electron chi connectivity index (χ1n) is 8.54. The zero-order valence-electron chi connectivity index (χ0n) is 12.8. The fourth-order valence-corrected chi connectivity index (χ4v) is 6.62. The Kier molecular flexibility index (Phi) is 4.88. The molecule has 0 bridgehead atoms. The van der Waals surface area contributed by atoms with Gasteiger partial charge in [-0.15, -0.1) is 0 Å². The first-order valence-corrected chi connectivity index (χ1v) is 9.94. The van der Waals surface area contributed by atoms with Gasteiger partial charge < -0.3 is 5.11 Å². The number of piperidine rings is 1. The van der Waals surface area contributed by atoms with Crippen LogP contribution in [0.15, 0.2) is 0 Å². The van der Waals surface area contributed by atoms with E-state index in [4.69, 9.17) is 0 Å². The van der Waals surface area contributed by atoms with Gasteiger partial charge in [-0.2, -0.15) is 17.0 Å². The summed E-state index contributed by atoms with van der Waals surface area (Å²) in [7, 11) is -3.40. The van der Waals surface area contributed by atoms with Crippen molar-refractivity contribution in [3.63, 3.8) is 0 Å². The number of nitrogens with zero attached hydrogens (tertiary/aromatic N) is 2. The van der Waals surface area contributed by atoms with E-state index in [9.17, 15) is 13.5 Å². The average Bonchev–Trinajstić information content (AvgIpc) is 3.17. The molecular weight excluding hydrogens is 288 g/mol. The Morgan fingerprint density at radius 1 is 0.857 bits per heavy atom. The van der Waals surface area contributed by atoms with E-state index < -0.39 is 10.2 Å². The fourth-order valence-electron chi connectivity index (χ4n) is 4.46. The lowest BCUT2D eigenvalue weighted by molar-refractivity contribution is 0.144. The lowest BCUT2D eigenvalue weighted by Crippen LogP contribution is -2.53. The van der Waals surface area contributed by atoms with Crippen LogP contribution in [0.5, 0.6) is 0 Å². The van der Waals surface area contributed by atoms with E-state index in [1.54, 1.807) is 8.61 Å². The molecule has 2 saturated heterocycles. The monoisotopic (exact) mass is 316 g/mol. The van der Waals surface area contributed by atoms with E-state index in [0.717, 1.165) is 32.1 Å². The summed E-state index contributed by atoms with van der Waals surface area (Å²) in [6.07, 6.45) is 9.58. The summed E-state index contributed by atoms with van der Waals surface area (Å²) in [6.45, 7) is 1.18. The molecule has 0 aromatic rings. The van der Waals surface area contributed by atoms with Gasteiger partial charge in [0.1, 0.15) is 0 Å². The van der Waals surface area contributed by atoms with Crippen molar-refractivity contribution in [1.29, 1.82) is 0 Å². The molecule has 0 aromatic heterocycles. The molecule has 3 fully saturated rings. The van der Waals surface area contributed by atoms with Crippen molar-refractivity contribution in [2.75, 3.05) is 19.7 Å². The molecule has 1 aliphatic carbocycles. The van der Waals surface area contributed by atoms with E-state index in [2.05, 4.69) is 0 Å². The molecule has 2 atom stereocenters. The molecule has 1 N–H and O–H groups in total. The van der Waals surface area contributed by atoms with Crippen molar-refractivity contribution in [2.24, 2.45) is 5.92 Å². The molecule has 2 aliphatic heterocycles. The van der Waals surface area contributed by atoms with Gasteiger partial charge in [0.25, 0.3) is 10.2 Å². The summed E-state index contributed by atoms with van der Waals surface area (Å²) in [5.41, 5.74) is 0. The van der Waals surface area contributed by atoms with Crippen LogP contribution in [0.25, 0.3) is 0 Å². The molecular formula is C15H28N2O3S. The lowest BCUT2D eigenvalue weighted by atomic mass is 9.97. The van der Waals surface area contributed by atoms with Gasteiger partial charge in [-0.3, -0.25) is 0 Å². The van der Waals surface area contributed by atoms with Crippen LogP contribution in [0, 0.1) is 5.92 Å². The molecule has 21 heavy (non-hydrogen) atoms. The van der Waals surface area contributed by atoms with E-state index >= 15 is 0 Å². The van der Waals surface area contributed by atoms with Crippen molar-refractivity contribution < 1.29 is 13.5 Å². The molecule has 0 aromatic carbocycles. The van der Waals surface area contributed by atoms with Gasteiger partial charge in [-0.25, -0.2) is 0 Å². The maximum Gasteiger partial charge on any atom is 0.282 e. The van der Waals surface area contributed by atoms with Gasteiger partial charge in [0, 0.05) is 25.2 Å². The normalized spacial score (nSPS) is 33.8. The van der Waals surface area contributed by atoms with Crippen LogP contribution in [0.4, 0.5) is 0 Å². The minimum Gasteiger partial charge on any atom is -0.395 e. The van der Waals surface area contributed by atoms with E-state index in [-0.39, 0.29) is 18.7 Å². The first-order chi connectivity index (χ1) is 10.1. The Balaban J connectivity index is 1.79. The summed E-state index contributed by atoms with van der Waals surface area (Å²) in [6, 6.07) is -0.00709. The third kappa shape index (κ3) is 3.00. The Hall–Kier alpha value is -0.170. The Morgan fingerprint density at radius 2 is 1.52 bits per heavy atom. The summed E-state index contributed by atoms with van der Waals surface area (Å²) >= 11 is 0. The Bertz CT molecular complexity index is 448. The van der Waals surface area contributed by atoms with Crippen LogP contribution in [-0.4, -0.2) is 53.9 Å². The minimum absolute atomic E-state index is 0.0544. The van der Waals surface area contributed by atoms with Gasteiger partial charge in [-0.1, -0.05) is 19.3 Å². The highest BCUT2D eigenvalue weighted by Gasteiger charge is 2.44. The largest absolute Gasteiger partial charge is 0.395 e. The maximum atomic E-state index is 13.1. The van der Waals surface area contributed by atoms with Crippen molar-refractivity contribution in [3.8, 4) is 0 Å². The molecule has 0 radical (unpaired) electrons. The third-order valence-electron chi connectivity index (χ3n) is 5.57. The van der Waals surface area contributed by atoms with E-state index in [1.807, 2.05) is 0 Å². The van der Waals surface area contributed by atoms with Gasteiger partial charge in [0.15, 0.2) is 0 Å². The Labute approximate surface area is 128 Å². The van der Waals surface area contributed by atoms with Crippen molar-refractivity contribution in [2.45, 2.75) is 69.9 Å². The fraction of sp³-hybridized carbons (Fsp3) is 1.00. The second kappa shape index (κ2) is 6.52. The number of aliphatic hydroxyl groups excluding tert-OH is 1. The average molecular weight is 316 g/mol. The van der Waals surface area contributed by atoms with Crippen LogP contribution in [0.2, 0.25) is 0 Å². The highest BCUT2D eigenvalue weighted by atomic mass is 32.2. The second-order valence-electron chi connectivity index (χ2n) is 6.82. The predicted molar refractivity (Wildman–Crippen MR) is 82.0 cm³/mol. The summed E-state index contributed by atoms with van der Waals surface area (Å²) in [4.78, 5) is 0. The van der Waals surface area contributed by atoms with Crippen LogP contribution in [-0.2, 0) is 10.2 Å². The molecule has 3 rings (SSSR count). The minimum atomic E-state index is -3.40. The molecule has 0 spiro atoms. The molecule has 3 aliphatic rings. The van der Waals surface area contributed by atoms with Crippen LogP contribution >= 0.6 is 0 Å². The number of rotatable bonds is 4. The highest BCUT2D eigenvalue weighted by molar-refractivity contribution is 7.86. The van der Waals surface area contributed by atoms with Gasteiger partial charge in [0.2, 0.25) is 0 Å². The zero-order valence-corrected chi connectivity index (χ0v) is 13.6. The van der Waals surface area contributed by atoms with Crippen molar-refractivity contribution in [1.82, 2.24) is 8.61 Å². The van der Waals surface area contributed by atoms with Gasteiger partial charge in [0.05, 0.1) is 6.61 Å². The summed E-state index contributed by atoms with van der Waals surface area (Å²) in [5, 5.41) is 9.52. The molecule has 6 heteroatoms. The highest BCUT2D eigenvalue weighted by Crippen LogP contribution is 2.38. The molecule has 1 saturated carbocycles. The predicted octanol–water partition coefficient (Wildman–Crippen LogP) is 1.73. The quantitative estimate of drug-likeness (QED) is 0.859. The van der Waals surface area contributed by atoms with Crippen LogP contribution in [0.3, 0.4) is 0 Å². The van der Waals surface area contributed by atoms with Crippen LogP contribution < -0.4 is 0 Å². The zero-order chi connectivity index (χ0) is 14.9. The summed E-state index contributed by atoms with van der Waals surface area (Å²) < 4.78 is 29.5.